The number of hydrogen-bond donors (Lipinski definition) is 0. The van der Waals surface area contributed by atoms with Crippen LogP contribution in [0, 0.1) is 0 Å². The molecule has 0 aliphatic heterocycles. The molecule has 0 fully saturated rings. The largest absolute Gasteiger partial charge is 0.523 e. The highest BCUT2D eigenvalue weighted by atomic mass is 32.2. The van der Waals surface area contributed by atoms with Crippen LogP contribution >= 0.6 is 0 Å². The van der Waals surface area contributed by atoms with Crippen molar-refractivity contribution >= 4 is 10.1 Å². The Morgan fingerprint density at radius 1 is 0.870 bits per heavy atom. The topological polar surface area (TPSA) is 61.8 Å². The number of alkyl halides is 3. The van der Waals surface area contributed by atoms with Crippen molar-refractivity contribution in [3.63, 3.8) is 0 Å². The minimum absolute atomic E-state index is 0.0557. The molecule has 1 aromatic carbocycles. The molecule has 0 aliphatic carbocycles. The number of benzene rings is 1. The predicted octanol–water partition coefficient (Wildman–Crippen LogP) is 2.87. The summed E-state index contributed by atoms with van der Waals surface area (Å²) in [5.41, 5.74) is -4.32. The van der Waals surface area contributed by atoms with Crippen LogP contribution in [-0.4, -0.2) is 40.4 Å². The molecule has 132 valence electrons. The van der Waals surface area contributed by atoms with Crippen LogP contribution in [-0.2, 0) is 30.4 Å². The molecule has 0 radical (unpaired) electrons. The van der Waals surface area contributed by atoms with Gasteiger partial charge < -0.3 is 9.47 Å². The van der Waals surface area contributed by atoms with E-state index in [1.807, 2.05) is 30.3 Å². The summed E-state index contributed by atoms with van der Waals surface area (Å²) in [5.74, 6) is 0. The monoisotopic (exact) mass is 356 g/mol. The summed E-state index contributed by atoms with van der Waals surface area (Å²) in [7, 11) is -5.50. The number of rotatable bonds is 11. The fraction of sp³-hybridized carbons (Fsp3) is 0.571. The van der Waals surface area contributed by atoms with Gasteiger partial charge in [0.05, 0.1) is 13.2 Å². The van der Waals surface area contributed by atoms with Crippen molar-refractivity contribution in [1.29, 1.82) is 0 Å². The van der Waals surface area contributed by atoms with E-state index in [1.165, 1.54) is 0 Å². The van der Waals surface area contributed by atoms with Crippen LogP contribution in [0.5, 0.6) is 0 Å². The summed E-state index contributed by atoms with van der Waals surface area (Å²) < 4.78 is 71.4. The van der Waals surface area contributed by atoms with Gasteiger partial charge in [-0.3, -0.25) is 4.18 Å². The average molecular weight is 356 g/mol. The molecule has 0 aliphatic rings. The standard InChI is InChI=1S/C14H19F3O5S/c15-14(16,17)23(18,19)22-11-5-9-20-8-4-10-21-12-13-6-2-1-3-7-13/h1-3,6-7H,4-5,8-12H2. The van der Waals surface area contributed by atoms with Crippen LogP contribution in [0.25, 0.3) is 0 Å². The van der Waals surface area contributed by atoms with Crippen molar-refractivity contribution < 1.29 is 35.2 Å². The number of halogens is 3. The fourth-order valence-corrected chi connectivity index (χ4v) is 2.00. The first-order valence-electron chi connectivity index (χ1n) is 6.98. The molecule has 0 saturated heterocycles. The summed E-state index contributed by atoms with van der Waals surface area (Å²) >= 11 is 0. The Bertz CT molecular complexity index is 531. The van der Waals surface area contributed by atoms with E-state index in [2.05, 4.69) is 4.18 Å². The normalized spacial score (nSPS) is 12.5. The van der Waals surface area contributed by atoms with Gasteiger partial charge in [-0.15, -0.1) is 0 Å². The lowest BCUT2D eigenvalue weighted by Crippen LogP contribution is -2.26. The molecule has 0 aromatic heterocycles. The zero-order valence-electron chi connectivity index (χ0n) is 12.4. The van der Waals surface area contributed by atoms with Crippen molar-refractivity contribution in [2.75, 3.05) is 26.4 Å². The second kappa shape index (κ2) is 9.86. The SMILES string of the molecule is O=S(=O)(OCCCOCCCOCc1ccccc1)C(F)(F)F. The fourth-order valence-electron chi connectivity index (χ4n) is 1.53. The van der Waals surface area contributed by atoms with Crippen LogP contribution < -0.4 is 0 Å². The van der Waals surface area contributed by atoms with Crippen LogP contribution in [0.2, 0.25) is 0 Å². The first-order chi connectivity index (χ1) is 10.8. The molecule has 23 heavy (non-hydrogen) atoms. The predicted molar refractivity (Wildman–Crippen MR) is 77.1 cm³/mol. The number of hydrogen-bond acceptors (Lipinski definition) is 5. The summed E-state index contributed by atoms with van der Waals surface area (Å²) in [5, 5.41) is 0. The Labute approximate surface area is 133 Å². The van der Waals surface area contributed by atoms with Crippen LogP contribution in [0.15, 0.2) is 30.3 Å². The molecule has 0 saturated carbocycles. The minimum atomic E-state index is -5.50. The van der Waals surface area contributed by atoms with Crippen molar-refractivity contribution in [2.24, 2.45) is 0 Å². The Morgan fingerprint density at radius 3 is 2.04 bits per heavy atom. The maximum absolute atomic E-state index is 11.9. The third-order valence-corrected chi connectivity index (χ3v) is 3.69. The Hall–Kier alpha value is -1.16. The minimum Gasteiger partial charge on any atom is -0.381 e. The Kier molecular flexibility index (Phi) is 8.53. The molecule has 0 heterocycles. The third kappa shape index (κ3) is 8.31. The quantitative estimate of drug-likeness (QED) is 0.347. The highest BCUT2D eigenvalue weighted by Crippen LogP contribution is 2.24. The van der Waals surface area contributed by atoms with Crippen molar-refractivity contribution in [1.82, 2.24) is 0 Å². The maximum Gasteiger partial charge on any atom is 0.523 e. The summed E-state index contributed by atoms with van der Waals surface area (Å²) in [6.07, 6.45) is 0.689. The molecule has 1 rings (SSSR count). The van der Waals surface area contributed by atoms with Crippen molar-refractivity contribution in [3.8, 4) is 0 Å². The van der Waals surface area contributed by atoms with Gasteiger partial charge in [0.25, 0.3) is 0 Å². The molecule has 9 heteroatoms. The van der Waals surface area contributed by atoms with E-state index in [4.69, 9.17) is 9.47 Å². The molecule has 0 bridgehead atoms. The molecule has 1 aromatic rings. The van der Waals surface area contributed by atoms with Crippen molar-refractivity contribution in [3.05, 3.63) is 35.9 Å². The molecule has 0 amide bonds. The molecule has 0 N–H and O–H groups in total. The first kappa shape index (κ1) is 19.9. The van der Waals surface area contributed by atoms with Gasteiger partial charge in [0.2, 0.25) is 0 Å². The van der Waals surface area contributed by atoms with Gasteiger partial charge >= 0.3 is 15.6 Å². The maximum atomic E-state index is 11.9. The highest BCUT2D eigenvalue weighted by Gasteiger charge is 2.47. The molecular formula is C14H19F3O5S. The van der Waals surface area contributed by atoms with Gasteiger partial charge in [-0.25, -0.2) is 0 Å². The lowest BCUT2D eigenvalue weighted by Gasteiger charge is -2.08. The average Bonchev–Trinajstić information content (AvgIpc) is 2.49. The molecule has 0 unspecified atom stereocenters. The first-order valence-corrected chi connectivity index (χ1v) is 8.39. The molecule has 5 nitrogen and oxygen atoms in total. The van der Waals surface area contributed by atoms with Crippen molar-refractivity contribution in [2.45, 2.75) is 25.0 Å². The van der Waals surface area contributed by atoms with E-state index >= 15 is 0 Å². The molecular weight excluding hydrogens is 337 g/mol. The van der Waals surface area contributed by atoms with Gasteiger partial charge in [-0.2, -0.15) is 21.6 Å². The van der Waals surface area contributed by atoms with Crippen LogP contribution in [0.3, 0.4) is 0 Å². The van der Waals surface area contributed by atoms with E-state index in [-0.39, 0.29) is 13.0 Å². The highest BCUT2D eigenvalue weighted by molar-refractivity contribution is 7.87. The lowest BCUT2D eigenvalue weighted by atomic mass is 10.2. The van der Waals surface area contributed by atoms with Crippen LogP contribution in [0.1, 0.15) is 18.4 Å². The van der Waals surface area contributed by atoms with Gasteiger partial charge in [0.15, 0.2) is 0 Å². The summed E-state index contributed by atoms with van der Waals surface area (Å²) in [6, 6.07) is 9.66. The Balaban J connectivity index is 1.94. The van der Waals surface area contributed by atoms with E-state index in [1.54, 1.807) is 0 Å². The van der Waals surface area contributed by atoms with Gasteiger partial charge in [-0.05, 0) is 18.4 Å². The summed E-state index contributed by atoms with van der Waals surface area (Å²) in [4.78, 5) is 0. The second-order valence-corrected chi connectivity index (χ2v) is 6.19. The third-order valence-electron chi connectivity index (χ3n) is 2.64. The van der Waals surface area contributed by atoms with E-state index < -0.39 is 22.2 Å². The lowest BCUT2D eigenvalue weighted by molar-refractivity contribution is -0.0546. The van der Waals surface area contributed by atoms with E-state index in [0.29, 0.717) is 26.2 Å². The Morgan fingerprint density at radius 2 is 1.43 bits per heavy atom. The van der Waals surface area contributed by atoms with Gasteiger partial charge in [0.1, 0.15) is 0 Å². The molecule has 0 atom stereocenters. The zero-order chi connectivity index (χ0) is 17.2. The zero-order valence-corrected chi connectivity index (χ0v) is 13.2. The second-order valence-electron chi connectivity index (χ2n) is 4.58. The molecule has 0 spiro atoms. The van der Waals surface area contributed by atoms with E-state index in [0.717, 1.165) is 5.56 Å². The van der Waals surface area contributed by atoms with Crippen LogP contribution in [0.4, 0.5) is 13.2 Å². The summed E-state index contributed by atoms with van der Waals surface area (Å²) in [6.45, 7) is 0.928. The van der Waals surface area contributed by atoms with Gasteiger partial charge in [0, 0.05) is 19.8 Å². The van der Waals surface area contributed by atoms with E-state index in [9.17, 15) is 21.6 Å². The number of ether oxygens (including phenoxy) is 2. The van der Waals surface area contributed by atoms with Gasteiger partial charge in [-0.1, -0.05) is 30.3 Å². The smallest absolute Gasteiger partial charge is 0.381 e.